The van der Waals surface area contributed by atoms with E-state index in [9.17, 15) is 14.0 Å². The number of rotatable bonds is 5. The molecule has 0 unspecified atom stereocenters. The first-order valence-electron chi connectivity index (χ1n) is 12.1. The van der Waals surface area contributed by atoms with Gasteiger partial charge in [-0.15, -0.1) is 0 Å². The molecule has 0 fully saturated rings. The molecule has 1 aliphatic rings. The number of hydrogen-bond acceptors (Lipinski definition) is 5. The van der Waals surface area contributed by atoms with Crippen LogP contribution in [0.5, 0.6) is 5.75 Å². The van der Waals surface area contributed by atoms with Crippen molar-refractivity contribution < 1.29 is 23.5 Å². The van der Waals surface area contributed by atoms with E-state index in [1.54, 1.807) is 37.3 Å². The summed E-state index contributed by atoms with van der Waals surface area (Å²) in [7, 11) is 3.42. The molecule has 3 rings (SSSR count). The minimum atomic E-state index is -0.414. The fourth-order valence-corrected chi connectivity index (χ4v) is 4.33. The molecular weight excluding hydrogens is 449 g/mol. The number of fused-ring (bicyclic) bond motifs is 1. The summed E-state index contributed by atoms with van der Waals surface area (Å²) in [5, 5.41) is 2.79. The second-order valence-corrected chi connectivity index (χ2v) is 9.26. The Morgan fingerprint density at radius 2 is 1.89 bits per heavy atom. The SMILES string of the molecule is CCCN1C[C@H](C)[C@H](OC)CN(C)C(=O)c2cc(NC(=O)c3ccc(F)cc3)ccc2OC[C@@H]1C. The minimum Gasteiger partial charge on any atom is -0.491 e. The maximum absolute atomic E-state index is 13.4. The maximum atomic E-state index is 13.4. The molecule has 0 saturated heterocycles. The van der Waals surface area contributed by atoms with E-state index < -0.39 is 11.7 Å². The van der Waals surface area contributed by atoms with Gasteiger partial charge in [-0.3, -0.25) is 14.5 Å². The Kier molecular flexibility index (Phi) is 9.23. The predicted molar refractivity (Wildman–Crippen MR) is 135 cm³/mol. The van der Waals surface area contributed by atoms with E-state index in [1.165, 1.54) is 24.3 Å². The molecule has 35 heavy (non-hydrogen) atoms. The van der Waals surface area contributed by atoms with Crippen molar-refractivity contribution in [2.75, 3.05) is 45.7 Å². The summed E-state index contributed by atoms with van der Waals surface area (Å²) in [5.41, 5.74) is 1.13. The fourth-order valence-electron chi connectivity index (χ4n) is 4.33. The summed E-state index contributed by atoms with van der Waals surface area (Å²) < 4.78 is 25.1. The largest absolute Gasteiger partial charge is 0.491 e. The van der Waals surface area contributed by atoms with Crippen molar-refractivity contribution in [3.63, 3.8) is 0 Å². The molecule has 2 aromatic rings. The molecule has 0 radical (unpaired) electrons. The van der Waals surface area contributed by atoms with E-state index >= 15 is 0 Å². The number of carbonyl (C=O) groups is 2. The molecule has 0 spiro atoms. The molecule has 0 bridgehead atoms. The molecule has 0 aromatic heterocycles. The summed E-state index contributed by atoms with van der Waals surface area (Å²) in [4.78, 5) is 30.1. The van der Waals surface area contributed by atoms with E-state index in [0.717, 1.165) is 19.5 Å². The highest BCUT2D eigenvalue weighted by Gasteiger charge is 2.28. The quantitative estimate of drug-likeness (QED) is 0.684. The summed E-state index contributed by atoms with van der Waals surface area (Å²) in [6.45, 7) is 9.07. The standard InChI is InChI=1S/C27H36FN3O4/c1-6-13-31-15-18(2)25(34-5)16-30(4)27(33)23-14-22(11-12-24(23)35-17-19(31)3)29-26(32)20-7-9-21(28)10-8-20/h7-12,14,18-19,25H,6,13,15-17H2,1-5H3,(H,29,32)/t18-,19-,25+/m0/s1. The number of hydrogen-bond donors (Lipinski definition) is 1. The molecule has 0 saturated carbocycles. The minimum absolute atomic E-state index is 0.124. The number of carbonyl (C=O) groups excluding carboxylic acids is 2. The van der Waals surface area contributed by atoms with Crippen molar-refractivity contribution in [3.8, 4) is 5.75 Å². The first-order chi connectivity index (χ1) is 16.7. The molecule has 8 heteroatoms. The molecule has 1 N–H and O–H groups in total. The van der Waals surface area contributed by atoms with Crippen LogP contribution in [0.2, 0.25) is 0 Å². The van der Waals surface area contributed by atoms with Gasteiger partial charge in [0.05, 0.1) is 11.7 Å². The lowest BCUT2D eigenvalue weighted by Crippen LogP contribution is -2.46. The average molecular weight is 486 g/mol. The van der Waals surface area contributed by atoms with Crippen molar-refractivity contribution in [2.24, 2.45) is 5.92 Å². The number of anilines is 1. The Morgan fingerprint density at radius 3 is 2.54 bits per heavy atom. The fraction of sp³-hybridized carbons (Fsp3) is 0.481. The van der Waals surface area contributed by atoms with Gasteiger partial charge in [0.2, 0.25) is 0 Å². The van der Waals surface area contributed by atoms with Gasteiger partial charge in [-0.2, -0.15) is 0 Å². The van der Waals surface area contributed by atoms with Crippen LogP contribution in [0.15, 0.2) is 42.5 Å². The molecule has 0 aliphatic carbocycles. The molecule has 3 atom stereocenters. The number of nitrogens with one attached hydrogen (secondary N) is 1. The van der Waals surface area contributed by atoms with Crippen LogP contribution < -0.4 is 10.1 Å². The van der Waals surface area contributed by atoms with E-state index in [-0.39, 0.29) is 24.0 Å². The normalized spacial score (nSPS) is 21.9. The number of ether oxygens (including phenoxy) is 2. The Bertz CT molecular complexity index is 1010. The van der Waals surface area contributed by atoms with Gasteiger partial charge in [0, 0.05) is 44.5 Å². The van der Waals surface area contributed by atoms with E-state index in [0.29, 0.717) is 35.7 Å². The highest BCUT2D eigenvalue weighted by molar-refractivity contribution is 6.05. The maximum Gasteiger partial charge on any atom is 0.257 e. The van der Waals surface area contributed by atoms with Crippen molar-refractivity contribution in [1.82, 2.24) is 9.80 Å². The Morgan fingerprint density at radius 1 is 1.17 bits per heavy atom. The summed E-state index contributed by atoms with van der Waals surface area (Å²) in [6.07, 6.45) is 0.904. The lowest BCUT2D eigenvalue weighted by atomic mass is 10.0. The summed E-state index contributed by atoms with van der Waals surface area (Å²) >= 11 is 0. The smallest absolute Gasteiger partial charge is 0.257 e. The van der Waals surface area contributed by atoms with Crippen LogP contribution in [0, 0.1) is 11.7 Å². The van der Waals surface area contributed by atoms with E-state index in [1.807, 2.05) is 0 Å². The highest BCUT2D eigenvalue weighted by Crippen LogP contribution is 2.27. The molecule has 7 nitrogen and oxygen atoms in total. The number of likely N-dealkylation sites (N-methyl/N-ethyl adjacent to an activating group) is 1. The third kappa shape index (κ3) is 6.80. The van der Waals surface area contributed by atoms with Crippen LogP contribution in [0.1, 0.15) is 47.9 Å². The molecule has 2 aromatic carbocycles. The first kappa shape index (κ1) is 26.6. The molecule has 2 amide bonds. The molecule has 1 heterocycles. The van der Waals surface area contributed by atoms with Crippen LogP contribution in [0.3, 0.4) is 0 Å². The van der Waals surface area contributed by atoms with Crippen molar-refractivity contribution >= 4 is 17.5 Å². The highest BCUT2D eigenvalue weighted by atomic mass is 19.1. The number of methoxy groups -OCH3 is 1. The first-order valence-corrected chi connectivity index (χ1v) is 12.1. The number of amides is 2. The van der Waals surface area contributed by atoms with Crippen molar-refractivity contribution in [2.45, 2.75) is 39.3 Å². The zero-order valence-electron chi connectivity index (χ0n) is 21.2. The van der Waals surface area contributed by atoms with Crippen molar-refractivity contribution in [1.29, 1.82) is 0 Å². The van der Waals surface area contributed by atoms with Gasteiger partial charge in [-0.05, 0) is 68.3 Å². The second kappa shape index (κ2) is 12.1. The Hall–Kier alpha value is -2.97. The van der Waals surface area contributed by atoms with Crippen molar-refractivity contribution in [3.05, 3.63) is 59.4 Å². The topological polar surface area (TPSA) is 71.1 Å². The predicted octanol–water partition coefficient (Wildman–Crippen LogP) is 4.29. The monoisotopic (exact) mass is 485 g/mol. The lowest BCUT2D eigenvalue weighted by Gasteiger charge is -2.35. The Balaban J connectivity index is 1.91. The van der Waals surface area contributed by atoms with Crippen LogP contribution in [0.25, 0.3) is 0 Å². The summed E-state index contributed by atoms with van der Waals surface area (Å²) in [6, 6.07) is 10.5. The molecule has 190 valence electrons. The second-order valence-electron chi connectivity index (χ2n) is 9.26. The van der Waals surface area contributed by atoms with Crippen LogP contribution in [0.4, 0.5) is 10.1 Å². The van der Waals surface area contributed by atoms with Gasteiger partial charge < -0.3 is 19.7 Å². The molecule has 1 aliphatic heterocycles. The van der Waals surface area contributed by atoms with Gasteiger partial charge in [0.15, 0.2) is 0 Å². The summed E-state index contributed by atoms with van der Waals surface area (Å²) in [5.74, 6) is -0.345. The van der Waals surface area contributed by atoms with Crippen LogP contribution in [-0.2, 0) is 4.74 Å². The zero-order chi connectivity index (χ0) is 25.5. The number of benzene rings is 2. The zero-order valence-corrected chi connectivity index (χ0v) is 21.2. The van der Waals surface area contributed by atoms with E-state index in [2.05, 4.69) is 31.0 Å². The van der Waals surface area contributed by atoms with Gasteiger partial charge in [-0.25, -0.2) is 4.39 Å². The van der Waals surface area contributed by atoms with Crippen LogP contribution >= 0.6 is 0 Å². The lowest BCUT2D eigenvalue weighted by molar-refractivity contribution is 0.0108. The third-order valence-electron chi connectivity index (χ3n) is 6.45. The average Bonchev–Trinajstić information content (AvgIpc) is 2.85. The number of nitrogens with zero attached hydrogens (tertiary/aromatic N) is 2. The Labute approximate surface area is 207 Å². The number of halogens is 1. The van der Waals surface area contributed by atoms with Gasteiger partial charge in [0.1, 0.15) is 18.2 Å². The van der Waals surface area contributed by atoms with E-state index in [4.69, 9.17) is 9.47 Å². The third-order valence-corrected chi connectivity index (χ3v) is 6.45. The van der Waals surface area contributed by atoms with Gasteiger partial charge in [-0.1, -0.05) is 13.8 Å². The van der Waals surface area contributed by atoms with Crippen LogP contribution in [-0.4, -0.2) is 74.2 Å². The van der Waals surface area contributed by atoms with Gasteiger partial charge >= 0.3 is 0 Å². The molecular formula is C27H36FN3O4. The van der Waals surface area contributed by atoms with Gasteiger partial charge in [0.25, 0.3) is 11.8 Å².